The van der Waals surface area contributed by atoms with Crippen LogP contribution in [-0.4, -0.2) is 19.1 Å². The molecule has 0 radical (unpaired) electrons. The van der Waals surface area contributed by atoms with Crippen LogP contribution in [0, 0.1) is 0 Å². The highest BCUT2D eigenvalue weighted by Crippen LogP contribution is 2.09. The summed E-state index contributed by atoms with van der Waals surface area (Å²) < 4.78 is 5.50. The van der Waals surface area contributed by atoms with Crippen LogP contribution < -0.4 is 15.8 Å². The van der Waals surface area contributed by atoms with Crippen LogP contribution in [0.25, 0.3) is 0 Å². The maximum absolute atomic E-state index is 11.7. The molecule has 0 aliphatic heterocycles. The molecular weight excluding hydrogens is 264 g/mol. The number of ether oxygens (including phenoxy) is 1. The van der Waals surface area contributed by atoms with Crippen LogP contribution in [0.5, 0.6) is 5.75 Å². The standard InChI is InChI=1S/C17H20N2O2/c18-15-6-4-5-14(13-15)9-10-17(20)19-11-12-21-16-7-2-1-3-8-16/h1-8,13H,9-12,18H2,(H,19,20). The van der Waals surface area contributed by atoms with E-state index in [9.17, 15) is 4.79 Å². The molecule has 110 valence electrons. The highest BCUT2D eigenvalue weighted by molar-refractivity contribution is 5.76. The Morgan fingerprint density at radius 1 is 1.10 bits per heavy atom. The van der Waals surface area contributed by atoms with E-state index in [1.54, 1.807) is 0 Å². The minimum Gasteiger partial charge on any atom is -0.492 e. The smallest absolute Gasteiger partial charge is 0.220 e. The lowest BCUT2D eigenvalue weighted by Crippen LogP contribution is -2.28. The summed E-state index contributed by atoms with van der Waals surface area (Å²) in [5.41, 5.74) is 7.50. The summed E-state index contributed by atoms with van der Waals surface area (Å²) >= 11 is 0. The summed E-state index contributed by atoms with van der Waals surface area (Å²) in [7, 11) is 0. The third kappa shape index (κ3) is 5.57. The SMILES string of the molecule is Nc1cccc(CCC(=O)NCCOc2ccccc2)c1. The van der Waals surface area contributed by atoms with Gasteiger partial charge in [-0.25, -0.2) is 0 Å². The summed E-state index contributed by atoms with van der Waals surface area (Å²) in [4.78, 5) is 11.7. The van der Waals surface area contributed by atoms with Gasteiger partial charge in [0.05, 0.1) is 6.54 Å². The highest BCUT2D eigenvalue weighted by atomic mass is 16.5. The normalized spacial score (nSPS) is 10.1. The highest BCUT2D eigenvalue weighted by Gasteiger charge is 2.02. The van der Waals surface area contributed by atoms with E-state index in [4.69, 9.17) is 10.5 Å². The van der Waals surface area contributed by atoms with Crippen molar-refractivity contribution in [2.45, 2.75) is 12.8 Å². The van der Waals surface area contributed by atoms with Gasteiger partial charge in [-0.1, -0.05) is 30.3 Å². The molecule has 0 fully saturated rings. The van der Waals surface area contributed by atoms with Gasteiger partial charge in [0.2, 0.25) is 5.91 Å². The van der Waals surface area contributed by atoms with Gasteiger partial charge < -0.3 is 15.8 Å². The zero-order valence-corrected chi connectivity index (χ0v) is 11.9. The molecule has 4 nitrogen and oxygen atoms in total. The van der Waals surface area contributed by atoms with Gasteiger partial charge >= 0.3 is 0 Å². The number of anilines is 1. The first-order valence-electron chi connectivity index (χ1n) is 7.03. The Balaban J connectivity index is 1.62. The maximum Gasteiger partial charge on any atom is 0.220 e. The first-order valence-corrected chi connectivity index (χ1v) is 7.03. The number of amides is 1. The Morgan fingerprint density at radius 2 is 1.90 bits per heavy atom. The lowest BCUT2D eigenvalue weighted by atomic mass is 10.1. The summed E-state index contributed by atoms with van der Waals surface area (Å²) in [5, 5.41) is 2.84. The fourth-order valence-electron chi connectivity index (χ4n) is 1.97. The van der Waals surface area contributed by atoms with E-state index in [0.717, 1.165) is 17.0 Å². The van der Waals surface area contributed by atoms with Crippen molar-refractivity contribution in [2.75, 3.05) is 18.9 Å². The van der Waals surface area contributed by atoms with E-state index in [0.29, 0.717) is 26.0 Å². The second kappa shape index (κ2) is 7.94. The van der Waals surface area contributed by atoms with E-state index in [1.807, 2.05) is 54.6 Å². The Kier molecular flexibility index (Phi) is 5.64. The van der Waals surface area contributed by atoms with Gasteiger partial charge in [0.15, 0.2) is 0 Å². The monoisotopic (exact) mass is 284 g/mol. The Hall–Kier alpha value is -2.49. The lowest BCUT2D eigenvalue weighted by molar-refractivity contribution is -0.121. The van der Waals surface area contributed by atoms with Crippen LogP contribution >= 0.6 is 0 Å². The average molecular weight is 284 g/mol. The molecule has 0 saturated carbocycles. The van der Waals surface area contributed by atoms with Crippen LogP contribution in [0.3, 0.4) is 0 Å². The van der Waals surface area contributed by atoms with Crippen molar-refractivity contribution in [1.29, 1.82) is 0 Å². The van der Waals surface area contributed by atoms with Gasteiger partial charge in [-0.3, -0.25) is 4.79 Å². The molecule has 21 heavy (non-hydrogen) atoms. The fraction of sp³-hybridized carbons (Fsp3) is 0.235. The Morgan fingerprint density at radius 3 is 2.67 bits per heavy atom. The summed E-state index contributed by atoms with van der Waals surface area (Å²) in [6.07, 6.45) is 1.14. The number of nitrogens with one attached hydrogen (secondary N) is 1. The number of carbonyl (C=O) groups excluding carboxylic acids is 1. The molecule has 0 aliphatic rings. The van der Waals surface area contributed by atoms with E-state index >= 15 is 0 Å². The van der Waals surface area contributed by atoms with Gasteiger partial charge in [-0.05, 0) is 36.2 Å². The van der Waals surface area contributed by atoms with Gasteiger partial charge in [-0.15, -0.1) is 0 Å². The minimum absolute atomic E-state index is 0.0223. The second-order valence-electron chi connectivity index (χ2n) is 4.76. The number of hydrogen-bond acceptors (Lipinski definition) is 3. The average Bonchev–Trinajstić information content (AvgIpc) is 2.51. The topological polar surface area (TPSA) is 64.4 Å². The largest absolute Gasteiger partial charge is 0.492 e. The molecule has 0 bridgehead atoms. The molecule has 2 rings (SSSR count). The van der Waals surface area contributed by atoms with E-state index in [1.165, 1.54) is 0 Å². The predicted octanol–water partition coefficient (Wildman–Crippen LogP) is 2.40. The number of hydrogen-bond donors (Lipinski definition) is 2. The molecule has 0 aliphatic carbocycles. The molecule has 0 aromatic heterocycles. The third-order valence-electron chi connectivity index (χ3n) is 3.03. The van der Waals surface area contributed by atoms with Gasteiger partial charge in [0.1, 0.15) is 12.4 Å². The molecule has 0 saturated heterocycles. The van der Waals surface area contributed by atoms with Gasteiger partial charge in [0.25, 0.3) is 0 Å². The third-order valence-corrected chi connectivity index (χ3v) is 3.03. The van der Waals surface area contributed by atoms with Crippen molar-refractivity contribution in [3.63, 3.8) is 0 Å². The minimum atomic E-state index is 0.0223. The number of nitrogen functional groups attached to an aromatic ring is 1. The summed E-state index contributed by atoms with van der Waals surface area (Å²) in [6.45, 7) is 0.971. The van der Waals surface area contributed by atoms with Crippen molar-refractivity contribution in [1.82, 2.24) is 5.32 Å². The predicted molar refractivity (Wildman–Crippen MR) is 84.1 cm³/mol. The molecular formula is C17H20N2O2. The molecule has 2 aromatic rings. The Bertz CT molecular complexity index is 570. The van der Waals surface area contributed by atoms with E-state index < -0.39 is 0 Å². The quantitative estimate of drug-likeness (QED) is 0.606. The molecule has 0 unspecified atom stereocenters. The van der Waals surface area contributed by atoms with Gasteiger partial charge in [-0.2, -0.15) is 0 Å². The number of benzene rings is 2. The van der Waals surface area contributed by atoms with Crippen molar-refractivity contribution in [2.24, 2.45) is 0 Å². The van der Waals surface area contributed by atoms with Crippen LogP contribution in [0.15, 0.2) is 54.6 Å². The number of para-hydroxylation sites is 1. The van der Waals surface area contributed by atoms with E-state index in [-0.39, 0.29) is 5.91 Å². The maximum atomic E-state index is 11.7. The first kappa shape index (κ1) is 14.9. The fourth-order valence-corrected chi connectivity index (χ4v) is 1.97. The molecule has 4 heteroatoms. The lowest BCUT2D eigenvalue weighted by Gasteiger charge is -2.08. The van der Waals surface area contributed by atoms with Crippen molar-refractivity contribution in [3.05, 3.63) is 60.2 Å². The Labute approximate surface area is 124 Å². The first-order chi connectivity index (χ1) is 10.2. The zero-order chi connectivity index (χ0) is 14.9. The van der Waals surface area contributed by atoms with Crippen LogP contribution in [0.2, 0.25) is 0 Å². The number of nitrogens with two attached hydrogens (primary N) is 1. The molecule has 0 atom stereocenters. The number of aryl methyl sites for hydroxylation is 1. The summed E-state index contributed by atoms with van der Waals surface area (Å²) in [5.74, 6) is 0.834. The second-order valence-corrected chi connectivity index (χ2v) is 4.76. The number of rotatable bonds is 7. The van der Waals surface area contributed by atoms with Crippen LogP contribution in [-0.2, 0) is 11.2 Å². The molecule has 3 N–H and O–H groups in total. The number of carbonyl (C=O) groups is 1. The molecule has 0 spiro atoms. The van der Waals surface area contributed by atoms with Crippen LogP contribution in [0.1, 0.15) is 12.0 Å². The molecule has 2 aromatic carbocycles. The zero-order valence-electron chi connectivity index (χ0n) is 11.9. The van der Waals surface area contributed by atoms with Gasteiger partial charge in [0, 0.05) is 12.1 Å². The molecule has 0 heterocycles. The summed E-state index contributed by atoms with van der Waals surface area (Å²) in [6, 6.07) is 17.2. The van der Waals surface area contributed by atoms with Crippen LogP contribution in [0.4, 0.5) is 5.69 Å². The van der Waals surface area contributed by atoms with E-state index in [2.05, 4.69) is 5.32 Å². The van der Waals surface area contributed by atoms with Crippen molar-refractivity contribution < 1.29 is 9.53 Å². The van der Waals surface area contributed by atoms with Crippen molar-refractivity contribution >= 4 is 11.6 Å². The molecule has 1 amide bonds. The van der Waals surface area contributed by atoms with Crippen molar-refractivity contribution in [3.8, 4) is 5.75 Å².